The maximum absolute atomic E-state index is 11.0. The molecule has 0 saturated carbocycles. The van der Waals surface area contributed by atoms with E-state index >= 15 is 0 Å². The third-order valence-electron chi connectivity index (χ3n) is 2.07. The van der Waals surface area contributed by atoms with Crippen LogP contribution in [0.2, 0.25) is 5.02 Å². The van der Waals surface area contributed by atoms with Gasteiger partial charge < -0.3 is 10.4 Å². The molecule has 15 heavy (non-hydrogen) atoms. The number of alkyl halides is 1. The Hall–Kier alpha value is -0.490. The number of benzene rings is 1. The first-order valence-electron chi connectivity index (χ1n) is 4.31. The van der Waals surface area contributed by atoms with Gasteiger partial charge in [0, 0.05) is 17.0 Å². The maximum Gasteiger partial charge on any atom is 0.221 e. The lowest BCUT2D eigenvalue weighted by Gasteiger charge is -2.13. The van der Waals surface area contributed by atoms with Crippen LogP contribution >= 0.6 is 34.2 Å². The lowest BCUT2D eigenvalue weighted by atomic mass is 10.1. The summed E-state index contributed by atoms with van der Waals surface area (Å²) in [7, 11) is 0. The predicted octanol–water partition coefficient (Wildman–Crippen LogP) is 3.25. The number of halogens is 2. The van der Waals surface area contributed by atoms with Crippen LogP contribution in [0.1, 0.15) is 18.1 Å². The highest BCUT2D eigenvalue weighted by Gasteiger charge is 2.13. The zero-order valence-electron chi connectivity index (χ0n) is 8.40. The summed E-state index contributed by atoms with van der Waals surface area (Å²) in [6.45, 7) is 3.22. The van der Waals surface area contributed by atoms with Crippen LogP contribution in [0, 0.1) is 6.92 Å². The van der Waals surface area contributed by atoms with Gasteiger partial charge in [-0.15, -0.1) is 0 Å². The van der Waals surface area contributed by atoms with Gasteiger partial charge in [0.15, 0.2) is 0 Å². The number of rotatable bonds is 2. The fraction of sp³-hybridized carbons (Fsp3) is 0.300. The fourth-order valence-electron chi connectivity index (χ4n) is 1.28. The monoisotopic (exact) mass is 339 g/mol. The Morgan fingerprint density at radius 2 is 2.27 bits per heavy atom. The second kappa shape index (κ2) is 5.03. The van der Waals surface area contributed by atoms with Gasteiger partial charge in [0.05, 0.1) is 5.02 Å². The Balaban J connectivity index is 3.31. The summed E-state index contributed by atoms with van der Waals surface area (Å²) in [6, 6.07) is 1.57. The van der Waals surface area contributed by atoms with E-state index in [0.717, 1.165) is 5.56 Å². The Kier molecular flexibility index (Phi) is 4.21. The number of hydrogen-bond donors (Lipinski definition) is 2. The van der Waals surface area contributed by atoms with E-state index in [1.807, 2.05) is 0 Å². The molecule has 1 amide bonds. The molecule has 0 saturated heterocycles. The van der Waals surface area contributed by atoms with Crippen LogP contribution < -0.4 is 5.32 Å². The van der Waals surface area contributed by atoms with Crippen LogP contribution in [0.25, 0.3) is 0 Å². The molecular formula is C10H11ClINO2. The Morgan fingerprint density at radius 1 is 1.67 bits per heavy atom. The molecule has 0 heterocycles. The number of carbonyl (C=O) groups excluding carboxylic acids is 1. The molecule has 3 nitrogen and oxygen atoms in total. The van der Waals surface area contributed by atoms with E-state index in [4.69, 9.17) is 11.6 Å². The predicted molar refractivity (Wildman–Crippen MR) is 69.9 cm³/mol. The first kappa shape index (κ1) is 12.6. The number of hydrogen-bond acceptors (Lipinski definition) is 2. The third kappa shape index (κ3) is 2.75. The van der Waals surface area contributed by atoms with Crippen molar-refractivity contribution in [3.63, 3.8) is 0 Å². The summed E-state index contributed by atoms with van der Waals surface area (Å²) in [5, 5.41) is 12.6. The van der Waals surface area contributed by atoms with E-state index in [0.29, 0.717) is 15.7 Å². The van der Waals surface area contributed by atoms with E-state index < -0.39 is 0 Å². The van der Waals surface area contributed by atoms with Crippen molar-refractivity contribution in [3.8, 4) is 5.75 Å². The van der Waals surface area contributed by atoms with Gasteiger partial charge in [-0.1, -0.05) is 34.2 Å². The molecule has 0 aromatic heterocycles. The maximum atomic E-state index is 11.0. The van der Waals surface area contributed by atoms with E-state index in [9.17, 15) is 9.90 Å². The van der Waals surface area contributed by atoms with Crippen LogP contribution in [0.4, 0.5) is 5.69 Å². The minimum Gasteiger partial charge on any atom is -0.506 e. The van der Waals surface area contributed by atoms with Crippen molar-refractivity contribution in [2.45, 2.75) is 18.3 Å². The van der Waals surface area contributed by atoms with Crippen LogP contribution in [-0.4, -0.2) is 11.0 Å². The first-order valence-corrected chi connectivity index (χ1v) is 6.22. The highest BCUT2D eigenvalue weighted by molar-refractivity contribution is 14.1. The van der Waals surface area contributed by atoms with Crippen molar-refractivity contribution in [1.82, 2.24) is 0 Å². The summed E-state index contributed by atoms with van der Waals surface area (Å²) in [4.78, 5) is 11.0. The van der Waals surface area contributed by atoms with E-state index in [1.54, 1.807) is 13.0 Å². The van der Waals surface area contributed by atoms with E-state index in [1.165, 1.54) is 6.92 Å². The molecule has 82 valence electrons. The highest BCUT2D eigenvalue weighted by atomic mass is 127. The summed E-state index contributed by atoms with van der Waals surface area (Å²) in [5.41, 5.74) is 2.27. The number of carbonyl (C=O) groups is 1. The number of phenolic OH excluding ortho intramolecular Hbond substituents is 1. The minimum atomic E-state index is -0.151. The van der Waals surface area contributed by atoms with Crippen LogP contribution in [-0.2, 0) is 9.22 Å². The molecule has 1 rings (SSSR count). The van der Waals surface area contributed by atoms with Crippen molar-refractivity contribution in [2.24, 2.45) is 0 Å². The van der Waals surface area contributed by atoms with E-state index in [2.05, 4.69) is 27.9 Å². The molecule has 1 aromatic rings. The van der Waals surface area contributed by atoms with Crippen LogP contribution in [0.5, 0.6) is 5.75 Å². The largest absolute Gasteiger partial charge is 0.506 e. The molecule has 0 aliphatic heterocycles. The molecule has 5 heteroatoms. The van der Waals surface area contributed by atoms with Gasteiger partial charge in [0.2, 0.25) is 5.91 Å². The summed E-state index contributed by atoms with van der Waals surface area (Å²) in [6.07, 6.45) is 0. The van der Waals surface area contributed by atoms with E-state index in [-0.39, 0.29) is 16.7 Å². The molecule has 0 atom stereocenters. The lowest BCUT2D eigenvalue weighted by molar-refractivity contribution is -0.114. The van der Waals surface area contributed by atoms with Gasteiger partial charge in [-0.25, -0.2) is 0 Å². The third-order valence-corrected chi connectivity index (χ3v) is 3.13. The average molecular weight is 340 g/mol. The molecular weight excluding hydrogens is 328 g/mol. The normalized spacial score (nSPS) is 10.1. The fourth-order valence-corrected chi connectivity index (χ4v) is 2.51. The topological polar surface area (TPSA) is 49.3 Å². The minimum absolute atomic E-state index is 0.0810. The number of amides is 1. The molecule has 0 spiro atoms. The number of aromatic hydroxyl groups is 1. The standard InChI is InChI=1S/C10H11ClINO2/c1-5-7(4-12)9(13-6(2)14)3-8(11)10(5)15/h3,15H,4H2,1-2H3,(H,13,14). The molecule has 0 radical (unpaired) electrons. The van der Waals surface area contributed by atoms with Gasteiger partial charge >= 0.3 is 0 Å². The Bertz CT molecular complexity index is 407. The molecule has 0 aliphatic carbocycles. The van der Waals surface area contributed by atoms with Crippen molar-refractivity contribution in [2.75, 3.05) is 5.32 Å². The van der Waals surface area contributed by atoms with Crippen LogP contribution in [0.3, 0.4) is 0 Å². The van der Waals surface area contributed by atoms with Crippen molar-refractivity contribution >= 4 is 45.8 Å². The zero-order chi connectivity index (χ0) is 11.6. The zero-order valence-corrected chi connectivity index (χ0v) is 11.3. The van der Waals surface area contributed by atoms with Gasteiger partial charge in [-0.2, -0.15) is 0 Å². The Labute approximate surface area is 107 Å². The van der Waals surface area contributed by atoms with Gasteiger partial charge in [0.1, 0.15) is 5.75 Å². The molecule has 0 aliphatic rings. The molecule has 0 bridgehead atoms. The number of anilines is 1. The van der Waals surface area contributed by atoms with Crippen molar-refractivity contribution in [3.05, 3.63) is 22.2 Å². The summed E-state index contributed by atoms with van der Waals surface area (Å²) in [5.74, 6) is -0.0697. The first-order chi connectivity index (χ1) is 6.97. The smallest absolute Gasteiger partial charge is 0.221 e. The highest BCUT2D eigenvalue weighted by Crippen LogP contribution is 2.36. The number of nitrogens with one attached hydrogen (secondary N) is 1. The van der Waals surface area contributed by atoms with Gasteiger partial charge in [-0.3, -0.25) is 4.79 Å². The molecule has 1 aromatic carbocycles. The average Bonchev–Trinajstić information content (AvgIpc) is 2.14. The van der Waals surface area contributed by atoms with Gasteiger partial charge in [-0.05, 0) is 24.1 Å². The van der Waals surface area contributed by atoms with Crippen molar-refractivity contribution < 1.29 is 9.90 Å². The second-order valence-corrected chi connectivity index (χ2v) is 4.34. The molecule has 0 unspecified atom stereocenters. The van der Waals surface area contributed by atoms with Crippen molar-refractivity contribution in [1.29, 1.82) is 0 Å². The quantitative estimate of drug-likeness (QED) is 0.494. The number of phenols is 1. The summed E-state index contributed by atoms with van der Waals surface area (Å²) >= 11 is 8.00. The Morgan fingerprint density at radius 3 is 2.73 bits per heavy atom. The summed E-state index contributed by atoms with van der Waals surface area (Å²) < 4.78 is 0.698. The second-order valence-electron chi connectivity index (χ2n) is 3.17. The van der Waals surface area contributed by atoms with Gasteiger partial charge in [0.25, 0.3) is 0 Å². The SMILES string of the molecule is CC(=O)Nc1cc(Cl)c(O)c(C)c1CI. The molecule has 0 fully saturated rings. The lowest BCUT2D eigenvalue weighted by Crippen LogP contribution is -2.08. The van der Waals surface area contributed by atoms with Crippen LogP contribution in [0.15, 0.2) is 6.07 Å². The molecule has 2 N–H and O–H groups in total.